The molecule has 0 bridgehead atoms. The predicted octanol–water partition coefficient (Wildman–Crippen LogP) is 4.90. The molecule has 8 heteroatoms. The number of anilines is 1. The summed E-state index contributed by atoms with van der Waals surface area (Å²) in [7, 11) is 0. The summed E-state index contributed by atoms with van der Waals surface area (Å²) in [6.07, 6.45) is -0.248. The van der Waals surface area contributed by atoms with E-state index in [1.807, 2.05) is 66.2 Å². The maximum atomic E-state index is 12.6. The lowest BCUT2D eigenvalue weighted by Gasteiger charge is -2.07. The van der Waals surface area contributed by atoms with Gasteiger partial charge in [0.25, 0.3) is 5.91 Å². The molecule has 0 spiro atoms. The molecule has 4 rings (SSSR count). The second kappa shape index (κ2) is 8.51. The van der Waals surface area contributed by atoms with Crippen molar-refractivity contribution in [3.8, 4) is 0 Å². The molecule has 0 saturated carbocycles. The van der Waals surface area contributed by atoms with Gasteiger partial charge in [-0.05, 0) is 36.8 Å². The summed E-state index contributed by atoms with van der Waals surface area (Å²) in [6.45, 7) is 2.59. The number of halogens is 2. The summed E-state index contributed by atoms with van der Waals surface area (Å²) in [6, 6.07) is 17.7. The Balaban J connectivity index is 1.38. The summed E-state index contributed by atoms with van der Waals surface area (Å²) in [5.41, 5.74) is 3.78. The Kier molecular flexibility index (Phi) is 5.82. The molecule has 6 nitrogen and oxygen atoms in total. The summed E-state index contributed by atoms with van der Waals surface area (Å²) in [5, 5.41) is 11.4. The molecule has 29 heavy (non-hydrogen) atoms. The van der Waals surface area contributed by atoms with Gasteiger partial charge in [0.15, 0.2) is 5.82 Å². The first-order chi connectivity index (χ1) is 14.0. The fraction of sp³-hybridized carbons (Fsp3) is 0.190. The topological polar surface area (TPSA) is 68.5 Å². The van der Waals surface area contributed by atoms with E-state index in [2.05, 4.69) is 47.4 Å². The zero-order chi connectivity index (χ0) is 20.4. The number of oxime groups is 1. The minimum Gasteiger partial charge on any atom is -0.382 e. The fourth-order valence-corrected chi connectivity index (χ4v) is 3.72. The van der Waals surface area contributed by atoms with Gasteiger partial charge in [0.05, 0.1) is 12.3 Å². The van der Waals surface area contributed by atoms with Crippen molar-refractivity contribution in [2.24, 2.45) is 5.16 Å². The van der Waals surface area contributed by atoms with E-state index in [0.717, 1.165) is 31.5 Å². The van der Waals surface area contributed by atoms with Crippen molar-refractivity contribution in [2.45, 2.75) is 26.0 Å². The Morgan fingerprint density at radius 1 is 1.17 bits per heavy atom. The third-order valence-electron chi connectivity index (χ3n) is 4.60. The molecule has 1 aliphatic rings. The second-order valence-electron chi connectivity index (χ2n) is 6.79. The largest absolute Gasteiger partial charge is 0.382 e. The fourth-order valence-electron chi connectivity index (χ4n) is 3.06. The molecule has 148 valence electrons. The number of carbonyl (C=O) groups excluding carboxylic acids is 1. The van der Waals surface area contributed by atoms with Crippen LogP contribution in [0.1, 0.15) is 23.2 Å². The van der Waals surface area contributed by atoms with Gasteiger partial charge in [-0.3, -0.25) is 9.48 Å². The smallest absolute Gasteiger partial charge is 0.269 e. The van der Waals surface area contributed by atoms with Crippen molar-refractivity contribution in [1.29, 1.82) is 0 Å². The van der Waals surface area contributed by atoms with Crippen LogP contribution < -0.4 is 5.32 Å². The van der Waals surface area contributed by atoms with Crippen LogP contribution in [-0.2, 0) is 16.2 Å². The Labute approximate surface area is 185 Å². The van der Waals surface area contributed by atoms with Crippen molar-refractivity contribution in [1.82, 2.24) is 9.78 Å². The highest BCUT2D eigenvalue weighted by atomic mass is 79.9. The van der Waals surface area contributed by atoms with E-state index in [1.165, 1.54) is 0 Å². The van der Waals surface area contributed by atoms with Crippen LogP contribution in [0.5, 0.6) is 0 Å². The molecule has 0 fully saturated rings. The van der Waals surface area contributed by atoms with E-state index in [9.17, 15) is 4.79 Å². The number of hydrogen-bond donors (Lipinski definition) is 1. The molecule has 2 aromatic carbocycles. The van der Waals surface area contributed by atoms with Crippen molar-refractivity contribution in [2.75, 3.05) is 5.32 Å². The molecule has 1 aromatic heterocycles. The summed E-state index contributed by atoms with van der Waals surface area (Å²) >= 11 is 6.88. The molecule has 1 N–H and O–H groups in total. The third-order valence-corrected chi connectivity index (χ3v) is 5.62. The van der Waals surface area contributed by atoms with E-state index in [-0.39, 0.29) is 5.91 Å². The van der Waals surface area contributed by atoms with Crippen molar-refractivity contribution in [3.63, 3.8) is 0 Å². The van der Waals surface area contributed by atoms with Gasteiger partial charge in [-0.25, -0.2) is 0 Å². The first-order valence-corrected chi connectivity index (χ1v) is 10.6. The Morgan fingerprint density at radius 2 is 1.97 bits per heavy atom. The van der Waals surface area contributed by atoms with Crippen LogP contribution >= 0.6 is 31.9 Å². The molecule has 2 heterocycles. The molecule has 1 unspecified atom stereocenters. The molecular formula is C21H18Br2N4O2. The summed E-state index contributed by atoms with van der Waals surface area (Å²) < 4.78 is 3.85. The van der Waals surface area contributed by atoms with Crippen LogP contribution in [0, 0.1) is 6.92 Å². The second-order valence-corrected chi connectivity index (χ2v) is 8.62. The van der Waals surface area contributed by atoms with Crippen LogP contribution in [0.4, 0.5) is 5.82 Å². The highest BCUT2D eigenvalue weighted by Crippen LogP contribution is 2.21. The Bertz CT molecular complexity index is 1080. The number of benzene rings is 2. The maximum Gasteiger partial charge on any atom is 0.269 e. The highest BCUT2D eigenvalue weighted by molar-refractivity contribution is 9.10. The van der Waals surface area contributed by atoms with Crippen molar-refractivity contribution < 1.29 is 9.63 Å². The maximum absolute atomic E-state index is 12.6. The number of hydrogen-bond acceptors (Lipinski definition) is 4. The molecule has 0 aliphatic carbocycles. The van der Waals surface area contributed by atoms with Gasteiger partial charge in [0.1, 0.15) is 0 Å². The minimum atomic E-state index is -0.666. The lowest BCUT2D eigenvalue weighted by molar-refractivity contribution is -0.125. The van der Waals surface area contributed by atoms with E-state index in [0.29, 0.717) is 18.8 Å². The highest BCUT2D eigenvalue weighted by Gasteiger charge is 2.29. The number of rotatable bonds is 5. The molecular weight excluding hydrogens is 500 g/mol. The minimum absolute atomic E-state index is 0.257. The van der Waals surface area contributed by atoms with Crippen molar-refractivity contribution >= 4 is 49.3 Å². The summed E-state index contributed by atoms with van der Waals surface area (Å²) in [5.74, 6) is 0.246. The lowest BCUT2D eigenvalue weighted by atomic mass is 10.0. The number of nitrogens with zero attached hydrogens (tertiary/aromatic N) is 3. The predicted molar refractivity (Wildman–Crippen MR) is 119 cm³/mol. The van der Waals surface area contributed by atoms with E-state index >= 15 is 0 Å². The Morgan fingerprint density at radius 3 is 2.72 bits per heavy atom. The van der Waals surface area contributed by atoms with Crippen LogP contribution in [0.3, 0.4) is 0 Å². The SMILES string of the molecule is Cc1cc(NC(=O)C2CC(c3cccc(Br)c3)=NO2)nn1Cc1ccc(Br)cc1. The van der Waals surface area contributed by atoms with Crippen molar-refractivity contribution in [3.05, 3.63) is 80.4 Å². The van der Waals surface area contributed by atoms with E-state index < -0.39 is 6.10 Å². The van der Waals surface area contributed by atoms with Crippen LogP contribution in [0.2, 0.25) is 0 Å². The molecule has 0 radical (unpaired) electrons. The first-order valence-electron chi connectivity index (χ1n) is 9.06. The third kappa shape index (κ3) is 4.76. The average molecular weight is 518 g/mol. The van der Waals surface area contributed by atoms with Crippen LogP contribution in [0.25, 0.3) is 0 Å². The molecule has 0 saturated heterocycles. The quantitative estimate of drug-likeness (QED) is 0.523. The Hall–Kier alpha value is -2.45. The van der Waals surface area contributed by atoms with Gasteiger partial charge in [0, 0.05) is 32.7 Å². The molecule has 1 aliphatic heterocycles. The number of nitrogens with one attached hydrogen (secondary N) is 1. The van der Waals surface area contributed by atoms with E-state index in [1.54, 1.807) is 0 Å². The lowest BCUT2D eigenvalue weighted by Crippen LogP contribution is -2.28. The average Bonchev–Trinajstić information content (AvgIpc) is 3.31. The molecule has 1 amide bonds. The molecule has 1 atom stereocenters. The van der Waals surface area contributed by atoms with Gasteiger partial charge in [-0.1, -0.05) is 61.3 Å². The van der Waals surface area contributed by atoms with Crippen LogP contribution in [-0.4, -0.2) is 27.5 Å². The van der Waals surface area contributed by atoms with Gasteiger partial charge in [-0.2, -0.15) is 5.10 Å². The van der Waals surface area contributed by atoms with Gasteiger partial charge < -0.3 is 10.2 Å². The number of aryl methyl sites for hydroxylation is 1. The zero-order valence-corrected chi connectivity index (χ0v) is 18.8. The monoisotopic (exact) mass is 516 g/mol. The molecule has 3 aromatic rings. The van der Waals surface area contributed by atoms with E-state index in [4.69, 9.17) is 4.84 Å². The van der Waals surface area contributed by atoms with Crippen LogP contribution in [0.15, 0.2) is 68.7 Å². The number of carbonyl (C=O) groups is 1. The standard InChI is InChI=1S/C21H18Br2N4O2/c1-13-9-20(25-27(13)12-14-5-7-16(22)8-6-14)24-21(28)19-11-18(26-29-19)15-3-2-4-17(23)10-15/h2-10,19H,11-12H2,1H3,(H,24,25,28). The van der Waals surface area contributed by atoms with Gasteiger partial charge in [-0.15, -0.1) is 0 Å². The van der Waals surface area contributed by atoms with Gasteiger partial charge >= 0.3 is 0 Å². The zero-order valence-electron chi connectivity index (χ0n) is 15.6. The first kappa shape index (κ1) is 19.8. The van der Waals surface area contributed by atoms with Gasteiger partial charge in [0.2, 0.25) is 6.10 Å². The number of amides is 1. The summed E-state index contributed by atoms with van der Waals surface area (Å²) in [4.78, 5) is 18.0. The normalized spacial score (nSPS) is 15.7. The number of aromatic nitrogens is 2.